The van der Waals surface area contributed by atoms with Crippen molar-refractivity contribution >= 4 is 28.5 Å². The second kappa shape index (κ2) is 7.88. The second-order valence-electron chi connectivity index (χ2n) is 7.67. The quantitative estimate of drug-likeness (QED) is 0.486. The van der Waals surface area contributed by atoms with Gasteiger partial charge in [0.1, 0.15) is 5.75 Å². The van der Waals surface area contributed by atoms with Crippen LogP contribution in [0, 0.1) is 6.92 Å². The minimum Gasteiger partial charge on any atom is -0.508 e. The van der Waals surface area contributed by atoms with Crippen LogP contribution < -0.4 is 0 Å². The van der Waals surface area contributed by atoms with Crippen molar-refractivity contribution in [1.29, 1.82) is 0 Å². The van der Waals surface area contributed by atoms with Crippen molar-refractivity contribution in [3.8, 4) is 5.75 Å². The highest BCUT2D eigenvalue weighted by molar-refractivity contribution is 6.32. The lowest BCUT2D eigenvalue weighted by molar-refractivity contribution is 0.101. The topological polar surface area (TPSA) is 37.3 Å². The molecule has 2 nitrogen and oxygen atoms in total. The van der Waals surface area contributed by atoms with E-state index in [-0.39, 0.29) is 11.5 Å². The highest BCUT2D eigenvalue weighted by atomic mass is 35.5. The van der Waals surface area contributed by atoms with Crippen LogP contribution in [-0.4, -0.2) is 10.9 Å². The summed E-state index contributed by atoms with van der Waals surface area (Å²) in [7, 11) is 0. The number of allylic oxidation sites excluding steroid dienone is 1. The van der Waals surface area contributed by atoms with E-state index >= 15 is 0 Å². The van der Waals surface area contributed by atoms with E-state index in [2.05, 4.69) is 18.2 Å². The Balaban J connectivity index is 2.02. The van der Waals surface area contributed by atoms with Gasteiger partial charge in [0.2, 0.25) is 0 Å². The van der Waals surface area contributed by atoms with E-state index in [9.17, 15) is 9.90 Å². The molecule has 3 aromatic carbocycles. The zero-order valence-electron chi connectivity index (χ0n) is 16.6. The largest absolute Gasteiger partial charge is 0.508 e. The maximum absolute atomic E-state index is 11.9. The highest BCUT2D eigenvalue weighted by Gasteiger charge is 2.22. The lowest BCUT2D eigenvalue weighted by Gasteiger charge is -2.18. The van der Waals surface area contributed by atoms with E-state index in [4.69, 9.17) is 11.6 Å². The van der Waals surface area contributed by atoms with Crippen molar-refractivity contribution in [2.24, 2.45) is 0 Å². The Labute approximate surface area is 176 Å². The molecule has 0 heterocycles. The maximum Gasteiger partial charge on any atom is 0.159 e. The van der Waals surface area contributed by atoms with Gasteiger partial charge in [-0.2, -0.15) is 0 Å². The van der Waals surface area contributed by atoms with Gasteiger partial charge in [-0.1, -0.05) is 48.0 Å². The van der Waals surface area contributed by atoms with Gasteiger partial charge in [-0.3, -0.25) is 4.79 Å². The minimum atomic E-state index is 0.0778. The lowest BCUT2D eigenvalue weighted by Crippen LogP contribution is -2.00. The number of Topliss-reactive ketones (excluding diaryl/α,β-unsaturated/α-hetero) is 1. The van der Waals surface area contributed by atoms with Crippen LogP contribution >= 0.6 is 11.6 Å². The molecule has 3 heteroatoms. The predicted molar refractivity (Wildman–Crippen MR) is 120 cm³/mol. The summed E-state index contributed by atoms with van der Waals surface area (Å²) in [5.74, 6) is 0.319. The smallest absolute Gasteiger partial charge is 0.159 e. The van der Waals surface area contributed by atoms with Crippen molar-refractivity contribution in [1.82, 2.24) is 0 Å². The lowest BCUT2D eigenvalue weighted by atomic mass is 9.87. The molecular weight excluding hydrogens is 380 g/mol. The van der Waals surface area contributed by atoms with Crippen molar-refractivity contribution in [3.05, 3.63) is 99.1 Å². The number of hydrogen-bond acceptors (Lipinski definition) is 2. The van der Waals surface area contributed by atoms with Crippen LogP contribution in [0.15, 0.2) is 60.7 Å². The molecule has 0 bridgehead atoms. The average molecular weight is 403 g/mol. The number of phenolic OH excluding ortho intramolecular Hbond substituents is 1. The Hall–Kier alpha value is -2.84. The van der Waals surface area contributed by atoms with Crippen LogP contribution in [-0.2, 0) is 6.42 Å². The SMILES string of the molecule is CC(=O)c1ccc2c(c1)CCCC(c1ccc(C)cc1Cl)=C2c1ccc(O)cc1. The van der Waals surface area contributed by atoms with Crippen molar-refractivity contribution < 1.29 is 9.90 Å². The van der Waals surface area contributed by atoms with E-state index in [1.165, 1.54) is 11.1 Å². The molecule has 0 spiro atoms. The number of rotatable bonds is 3. The summed E-state index contributed by atoms with van der Waals surface area (Å²) in [5.41, 5.74) is 8.59. The second-order valence-corrected chi connectivity index (χ2v) is 8.07. The fraction of sp³-hybridized carbons (Fsp3) is 0.192. The average Bonchev–Trinajstić information content (AvgIpc) is 2.87. The Morgan fingerprint density at radius 2 is 1.66 bits per heavy atom. The van der Waals surface area contributed by atoms with Gasteiger partial charge < -0.3 is 5.11 Å². The van der Waals surface area contributed by atoms with Gasteiger partial charge in [-0.25, -0.2) is 0 Å². The molecule has 1 aliphatic carbocycles. The zero-order valence-corrected chi connectivity index (χ0v) is 17.4. The molecule has 0 aromatic heterocycles. The van der Waals surface area contributed by atoms with Crippen LogP contribution in [0.5, 0.6) is 5.75 Å². The van der Waals surface area contributed by atoms with Gasteiger partial charge in [0, 0.05) is 10.6 Å². The Morgan fingerprint density at radius 1 is 0.931 bits per heavy atom. The predicted octanol–water partition coefficient (Wildman–Crippen LogP) is 6.85. The molecule has 3 aromatic rings. The molecule has 0 saturated carbocycles. The number of hydrogen-bond donors (Lipinski definition) is 1. The molecule has 4 rings (SSSR count). The summed E-state index contributed by atoms with van der Waals surface area (Å²) < 4.78 is 0. The minimum absolute atomic E-state index is 0.0778. The molecule has 0 radical (unpaired) electrons. The fourth-order valence-electron chi connectivity index (χ4n) is 4.10. The number of benzene rings is 3. The summed E-state index contributed by atoms with van der Waals surface area (Å²) in [4.78, 5) is 11.9. The monoisotopic (exact) mass is 402 g/mol. The van der Waals surface area contributed by atoms with Crippen molar-refractivity contribution in [3.63, 3.8) is 0 Å². The molecule has 29 heavy (non-hydrogen) atoms. The number of halogens is 1. The normalized spacial score (nSPS) is 13.8. The first-order chi connectivity index (χ1) is 13.9. The fourth-order valence-corrected chi connectivity index (χ4v) is 4.45. The van der Waals surface area contributed by atoms with Crippen LogP contribution in [0.4, 0.5) is 0 Å². The maximum atomic E-state index is 11.9. The van der Waals surface area contributed by atoms with Crippen LogP contribution in [0.3, 0.4) is 0 Å². The van der Waals surface area contributed by atoms with Crippen LogP contribution in [0.25, 0.3) is 11.1 Å². The number of phenols is 1. The Kier molecular flexibility index (Phi) is 5.29. The number of ketones is 1. The van der Waals surface area contributed by atoms with Gasteiger partial charge in [0.05, 0.1) is 0 Å². The number of aryl methyl sites for hydroxylation is 2. The Morgan fingerprint density at radius 3 is 2.34 bits per heavy atom. The van der Waals surface area contributed by atoms with Crippen LogP contribution in [0.2, 0.25) is 5.02 Å². The third kappa shape index (κ3) is 3.86. The first kappa shape index (κ1) is 19.5. The van der Waals surface area contributed by atoms with Crippen LogP contribution in [0.1, 0.15) is 57.9 Å². The first-order valence-electron chi connectivity index (χ1n) is 9.87. The highest BCUT2D eigenvalue weighted by Crippen LogP contribution is 2.42. The summed E-state index contributed by atoms with van der Waals surface area (Å²) in [6.45, 7) is 3.64. The van der Waals surface area contributed by atoms with Crippen molar-refractivity contribution in [2.75, 3.05) is 0 Å². The van der Waals surface area contributed by atoms with E-state index in [1.807, 2.05) is 37.3 Å². The van der Waals surface area contributed by atoms with Gasteiger partial charge in [0.15, 0.2) is 5.78 Å². The molecule has 0 saturated heterocycles. The number of carbonyl (C=O) groups excluding carboxylic acids is 1. The molecule has 0 unspecified atom stereocenters. The number of aromatic hydroxyl groups is 1. The molecule has 0 fully saturated rings. The standard InChI is InChI=1S/C26H23ClO2/c1-16-6-12-23(25(27)14-16)24-5-3-4-20-15-19(17(2)28)9-13-22(20)26(24)18-7-10-21(29)11-8-18/h6-15,29H,3-5H2,1-2H3. The third-order valence-corrected chi connectivity index (χ3v) is 5.87. The summed E-state index contributed by atoms with van der Waals surface area (Å²) >= 11 is 6.67. The van der Waals surface area contributed by atoms with E-state index in [1.54, 1.807) is 19.1 Å². The van der Waals surface area contributed by atoms with Gasteiger partial charge in [-0.15, -0.1) is 0 Å². The molecule has 1 N–H and O–H groups in total. The molecule has 0 atom stereocenters. The van der Waals surface area contributed by atoms with E-state index in [0.717, 1.165) is 57.7 Å². The molecule has 146 valence electrons. The van der Waals surface area contributed by atoms with E-state index < -0.39 is 0 Å². The zero-order chi connectivity index (χ0) is 20.5. The van der Waals surface area contributed by atoms with Gasteiger partial charge in [-0.05, 0) is 96.3 Å². The summed E-state index contributed by atoms with van der Waals surface area (Å²) in [5, 5.41) is 10.5. The van der Waals surface area contributed by atoms with Gasteiger partial charge >= 0.3 is 0 Å². The summed E-state index contributed by atoms with van der Waals surface area (Å²) in [6.07, 6.45) is 2.78. The third-order valence-electron chi connectivity index (χ3n) is 5.56. The molecular formula is C26H23ClO2. The Bertz CT molecular complexity index is 1120. The van der Waals surface area contributed by atoms with Gasteiger partial charge in [0.25, 0.3) is 0 Å². The molecule has 0 aliphatic heterocycles. The number of fused-ring (bicyclic) bond motifs is 1. The molecule has 1 aliphatic rings. The number of carbonyl (C=O) groups is 1. The summed E-state index contributed by atoms with van der Waals surface area (Å²) in [6, 6.07) is 19.5. The van der Waals surface area contributed by atoms with E-state index in [0.29, 0.717) is 0 Å². The first-order valence-corrected chi connectivity index (χ1v) is 10.2. The molecule has 0 amide bonds. The van der Waals surface area contributed by atoms with Crippen molar-refractivity contribution in [2.45, 2.75) is 33.1 Å².